The van der Waals surface area contributed by atoms with Gasteiger partial charge in [0, 0.05) is 12.8 Å². The lowest BCUT2D eigenvalue weighted by molar-refractivity contribution is -0.121. The van der Waals surface area contributed by atoms with Gasteiger partial charge < -0.3 is 19.7 Å². The number of hydrazone groups is 2. The monoisotopic (exact) mass is 640 g/mol. The van der Waals surface area contributed by atoms with Crippen LogP contribution in [0.2, 0.25) is 0 Å². The number of hydrogen-bond donors (Lipinski definition) is 4. The molecule has 0 radical (unpaired) electrons. The predicted molar refractivity (Wildman–Crippen MR) is 149 cm³/mol. The molecule has 0 aliphatic heterocycles. The number of hydrogen-bond acceptors (Lipinski definition) is 8. The fraction of sp³-hybridized carbons (Fsp3) is 0.360. The van der Waals surface area contributed by atoms with Gasteiger partial charge in [-0.15, -0.1) is 0 Å². The van der Waals surface area contributed by atoms with Crippen LogP contribution in [0.3, 0.4) is 0 Å². The van der Waals surface area contributed by atoms with Gasteiger partial charge >= 0.3 is 0 Å². The van der Waals surface area contributed by atoms with Crippen molar-refractivity contribution >= 4 is 56.1 Å². The number of halogens is 2. The normalized spacial score (nSPS) is 11.1. The highest BCUT2D eigenvalue weighted by atomic mass is 79.9. The molecule has 0 atom stereocenters. The lowest BCUT2D eigenvalue weighted by Gasteiger charge is -2.06. The van der Waals surface area contributed by atoms with Crippen LogP contribution in [0.5, 0.6) is 23.0 Å². The molecule has 0 aromatic heterocycles. The van der Waals surface area contributed by atoms with Crippen LogP contribution >= 0.6 is 31.9 Å². The van der Waals surface area contributed by atoms with Gasteiger partial charge in [-0.2, -0.15) is 10.2 Å². The minimum atomic E-state index is -0.184. The lowest BCUT2D eigenvalue weighted by atomic mass is 10.1. The molecule has 0 spiro atoms. The second-order valence-corrected chi connectivity index (χ2v) is 9.67. The van der Waals surface area contributed by atoms with Gasteiger partial charge in [0.15, 0.2) is 23.0 Å². The number of carbonyl (C=O) groups excluding carboxylic acids is 2. The van der Waals surface area contributed by atoms with Crippen LogP contribution in [0, 0.1) is 0 Å². The van der Waals surface area contributed by atoms with E-state index in [0.29, 0.717) is 44.4 Å². The summed E-state index contributed by atoms with van der Waals surface area (Å²) in [5, 5.41) is 27.5. The van der Waals surface area contributed by atoms with E-state index in [4.69, 9.17) is 9.47 Å². The van der Waals surface area contributed by atoms with E-state index >= 15 is 0 Å². The summed E-state index contributed by atoms with van der Waals surface area (Å²) in [6.45, 7) is 0. The number of benzene rings is 2. The van der Waals surface area contributed by atoms with Crippen molar-refractivity contribution in [3.8, 4) is 23.0 Å². The van der Waals surface area contributed by atoms with Crippen LogP contribution < -0.4 is 20.3 Å². The van der Waals surface area contributed by atoms with Crippen molar-refractivity contribution in [3.05, 3.63) is 44.3 Å². The molecule has 0 bridgehead atoms. The Balaban J connectivity index is 1.57. The third-order valence-electron chi connectivity index (χ3n) is 5.15. The van der Waals surface area contributed by atoms with Gasteiger partial charge in [0.2, 0.25) is 11.8 Å². The average Bonchev–Trinajstić information content (AvgIpc) is 2.87. The first kappa shape index (κ1) is 30.1. The summed E-state index contributed by atoms with van der Waals surface area (Å²) in [4.78, 5) is 23.9. The summed E-state index contributed by atoms with van der Waals surface area (Å²) in [5.41, 5.74) is 6.29. The Kier molecular flexibility index (Phi) is 12.9. The lowest BCUT2D eigenvalue weighted by Crippen LogP contribution is -2.17. The molecular formula is C25H30Br2N4O6. The topological polar surface area (TPSA) is 142 Å². The molecule has 10 nitrogen and oxygen atoms in total. The SMILES string of the molecule is COc1cc(/C=N/NC(=O)CCCCCCCC(=O)N/N=C/c2cc(Br)c(O)c(OC)c2)cc(Br)c1O. The molecule has 0 aliphatic carbocycles. The number of phenols is 2. The van der Waals surface area contributed by atoms with E-state index < -0.39 is 0 Å². The molecule has 2 amide bonds. The van der Waals surface area contributed by atoms with Gasteiger partial charge in [0.1, 0.15) is 0 Å². The molecule has 2 aromatic rings. The molecular weight excluding hydrogens is 612 g/mol. The van der Waals surface area contributed by atoms with E-state index in [0.717, 1.165) is 32.1 Å². The Labute approximate surface area is 232 Å². The fourth-order valence-corrected chi connectivity index (χ4v) is 4.14. The van der Waals surface area contributed by atoms with Crippen LogP contribution in [0.4, 0.5) is 0 Å². The first-order chi connectivity index (χ1) is 17.7. The minimum Gasteiger partial charge on any atom is -0.503 e. The van der Waals surface area contributed by atoms with Gasteiger partial charge in [0.05, 0.1) is 35.6 Å². The van der Waals surface area contributed by atoms with Crippen molar-refractivity contribution in [1.29, 1.82) is 0 Å². The van der Waals surface area contributed by atoms with Crippen molar-refractivity contribution in [2.75, 3.05) is 14.2 Å². The van der Waals surface area contributed by atoms with Crippen molar-refractivity contribution in [1.82, 2.24) is 10.9 Å². The number of phenolic OH excluding ortho intramolecular Hbond substituents is 2. The van der Waals surface area contributed by atoms with Crippen molar-refractivity contribution < 1.29 is 29.3 Å². The summed E-state index contributed by atoms with van der Waals surface area (Å²) in [6, 6.07) is 6.53. The standard InChI is InChI=1S/C25H30Br2N4O6/c1-36-20-12-16(10-18(26)24(20)34)14-28-30-22(32)8-6-4-3-5-7-9-23(33)31-29-15-17-11-19(27)25(35)21(13-17)37-2/h10-15,34-35H,3-9H2,1-2H3,(H,30,32)(H,31,33)/b28-14+,29-15+. The number of carbonyl (C=O) groups is 2. The number of unbranched alkanes of at least 4 members (excludes halogenated alkanes) is 4. The van der Waals surface area contributed by atoms with Crippen LogP contribution in [0.25, 0.3) is 0 Å². The van der Waals surface area contributed by atoms with E-state index in [9.17, 15) is 19.8 Å². The molecule has 2 aromatic carbocycles. The van der Waals surface area contributed by atoms with E-state index in [1.54, 1.807) is 24.3 Å². The molecule has 0 fully saturated rings. The van der Waals surface area contributed by atoms with Gasteiger partial charge in [-0.3, -0.25) is 9.59 Å². The zero-order chi connectivity index (χ0) is 27.2. The minimum absolute atomic E-state index is 0.00154. The summed E-state index contributed by atoms with van der Waals surface area (Å²) in [6.07, 6.45) is 7.76. The van der Waals surface area contributed by atoms with E-state index in [2.05, 4.69) is 52.9 Å². The smallest absolute Gasteiger partial charge is 0.240 e. The summed E-state index contributed by atoms with van der Waals surface area (Å²) < 4.78 is 11.1. The van der Waals surface area contributed by atoms with Crippen molar-refractivity contribution in [2.45, 2.75) is 44.9 Å². The summed E-state index contributed by atoms with van der Waals surface area (Å²) in [5.74, 6) is 0.233. The van der Waals surface area contributed by atoms with Gasteiger partial charge in [-0.05, 0) is 80.1 Å². The Morgan fingerprint density at radius 1 is 0.757 bits per heavy atom. The molecule has 0 saturated carbocycles. The Morgan fingerprint density at radius 2 is 1.14 bits per heavy atom. The predicted octanol–water partition coefficient (Wildman–Crippen LogP) is 4.97. The van der Waals surface area contributed by atoms with E-state index in [1.807, 2.05) is 0 Å². The highest BCUT2D eigenvalue weighted by Gasteiger charge is 2.09. The molecule has 200 valence electrons. The maximum Gasteiger partial charge on any atom is 0.240 e. The molecule has 0 unspecified atom stereocenters. The highest BCUT2D eigenvalue weighted by Crippen LogP contribution is 2.35. The first-order valence-corrected chi connectivity index (χ1v) is 13.1. The third-order valence-corrected chi connectivity index (χ3v) is 6.36. The third kappa shape index (κ3) is 10.4. The number of ether oxygens (including phenoxy) is 2. The molecule has 0 aliphatic rings. The molecule has 37 heavy (non-hydrogen) atoms. The van der Waals surface area contributed by atoms with E-state index in [1.165, 1.54) is 26.6 Å². The van der Waals surface area contributed by atoms with E-state index in [-0.39, 0.29) is 23.3 Å². The quantitative estimate of drug-likeness (QED) is 0.130. The number of methoxy groups -OCH3 is 2. The summed E-state index contributed by atoms with van der Waals surface area (Å²) in [7, 11) is 2.90. The molecule has 4 N–H and O–H groups in total. The van der Waals surface area contributed by atoms with Crippen LogP contribution in [-0.2, 0) is 9.59 Å². The zero-order valence-corrected chi connectivity index (χ0v) is 23.8. The average molecular weight is 642 g/mol. The second kappa shape index (κ2) is 15.9. The maximum atomic E-state index is 11.9. The van der Waals surface area contributed by atoms with Gasteiger partial charge in [-0.1, -0.05) is 19.3 Å². The number of aromatic hydroxyl groups is 2. The van der Waals surface area contributed by atoms with Crippen LogP contribution in [0.15, 0.2) is 43.4 Å². The molecule has 2 rings (SSSR count). The largest absolute Gasteiger partial charge is 0.503 e. The highest BCUT2D eigenvalue weighted by molar-refractivity contribution is 9.10. The first-order valence-electron chi connectivity index (χ1n) is 11.5. The van der Waals surface area contributed by atoms with Crippen LogP contribution in [0.1, 0.15) is 56.1 Å². The second-order valence-electron chi connectivity index (χ2n) is 7.96. The Morgan fingerprint density at radius 3 is 1.51 bits per heavy atom. The molecule has 0 heterocycles. The number of amides is 2. The molecule has 0 saturated heterocycles. The van der Waals surface area contributed by atoms with Crippen LogP contribution in [-0.4, -0.2) is 48.7 Å². The number of rotatable bonds is 14. The van der Waals surface area contributed by atoms with Crippen molar-refractivity contribution in [2.24, 2.45) is 10.2 Å². The van der Waals surface area contributed by atoms with Gasteiger partial charge in [-0.25, -0.2) is 10.9 Å². The fourth-order valence-electron chi connectivity index (χ4n) is 3.22. The number of nitrogens with one attached hydrogen (secondary N) is 2. The zero-order valence-electron chi connectivity index (χ0n) is 20.6. The Bertz CT molecular complexity index is 1050. The van der Waals surface area contributed by atoms with Crippen molar-refractivity contribution in [3.63, 3.8) is 0 Å². The summed E-state index contributed by atoms with van der Waals surface area (Å²) >= 11 is 6.47. The maximum absolute atomic E-state index is 11.9. The molecule has 12 heteroatoms. The number of nitrogens with zero attached hydrogens (tertiary/aromatic N) is 2. The Hall–Kier alpha value is -3.12. The van der Waals surface area contributed by atoms with Gasteiger partial charge in [0.25, 0.3) is 0 Å².